The van der Waals surface area contributed by atoms with Crippen LogP contribution in [0.1, 0.15) is 25.0 Å². The summed E-state index contributed by atoms with van der Waals surface area (Å²) in [6, 6.07) is 4.07. The molecule has 17 heavy (non-hydrogen) atoms. The van der Waals surface area contributed by atoms with E-state index in [4.69, 9.17) is 5.73 Å². The number of nitrogens with two attached hydrogens (primary N) is 1. The second kappa shape index (κ2) is 6.88. The zero-order valence-corrected chi connectivity index (χ0v) is 12.6. The number of aryl methyl sites for hydroxylation is 1. The molecule has 1 fully saturated rings. The Morgan fingerprint density at radius 1 is 1.59 bits per heavy atom. The van der Waals surface area contributed by atoms with Crippen molar-refractivity contribution in [2.45, 2.75) is 25.8 Å². The Kier molecular flexibility index (Phi) is 5.80. The minimum Gasteiger partial charge on any atom is -0.370 e. The number of hydrogen-bond donors (Lipinski definition) is 2. The van der Waals surface area contributed by atoms with E-state index in [1.54, 1.807) is 0 Å². The van der Waals surface area contributed by atoms with Gasteiger partial charge < -0.3 is 15.6 Å². The lowest BCUT2D eigenvalue weighted by molar-refractivity contribution is 0.315. The molecule has 2 rings (SSSR count). The van der Waals surface area contributed by atoms with Gasteiger partial charge in [-0.2, -0.15) is 0 Å². The first-order valence-electron chi connectivity index (χ1n) is 5.89. The smallest absolute Gasteiger partial charge is 0.188 e. The maximum Gasteiger partial charge on any atom is 0.188 e. The van der Waals surface area contributed by atoms with Crippen molar-refractivity contribution in [3.8, 4) is 0 Å². The summed E-state index contributed by atoms with van der Waals surface area (Å²) in [5.41, 5.74) is 6.97. The standard InChI is InChI=1S/C12H20N4.HI/c1-16-7-3-6-11(16)9-15-12(13)14-8-10-4-2-5-10;/h3,6-7,10H,2,4-5,8-9H2,1H3,(H3,13,14,15);1H. The quantitative estimate of drug-likeness (QED) is 0.496. The monoisotopic (exact) mass is 348 g/mol. The van der Waals surface area contributed by atoms with Crippen LogP contribution in [-0.4, -0.2) is 17.1 Å². The lowest BCUT2D eigenvalue weighted by Crippen LogP contribution is -2.37. The molecule has 1 aromatic rings. The molecule has 96 valence electrons. The Balaban J connectivity index is 0.00000144. The summed E-state index contributed by atoms with van der Waals surface area (Å²) in [5, 5.41) is 3.18. The van der Waals surface area contributed by atoms with E-state index < -0.39 is 0 Å². The highest BCUT2D eigenvalue weighted by molar-refractivity contribution is 14.0. The molecular formula is C12H21IN4. The van der Waals surface area contributed by atoms with E-state index in [0.717, 1.165) is 12.5 Å². The van der Waals surface area contributed by atoms with Crippen LogP contribution in [0.4, 0.5) is 0 Å². The van der Waals surface area contributed by atoms with Crippen molar-refractivity contribution in [3.63, 3.8) is 0 Å². The third kappa shape index (κ3) is 4.22. The number of rotatable bonds is 4. The van der Waals surface area contributed by atoms with Gasteiger partial charge in [0.25, 0.3) is 0 Å². The molecule has 1 aliphatic carbocycles. The highest BCUT2D eigenvalue weighted by atomic mass is 127. The Morgan fingerprint density at radius 3 is 2.88 bits per heavy atom. The Labute approximate surface area is 120 Å². The number of hydrogen-bond acceptors (Lipinski definition) is 1. The Hall–Kier alpha value is -0.720. The normalized spacial score (nSPS) is 16.2. The predicted octanol–water partition coefficient (Wildman–Crippen LogP) is 1.85. The predicted molar refractivity (Wildman–Crippen MR) is 81.5 cm³/mol. The van der Waals surface area contributed by atoms with Gasteiger partial charge in [-0.1, -0.05) is 6.42 Å². The van der Waals surface area contributed by atoms with Crippen LogP contribution in [0.5, 0.6) is 0 Å². The van der Waals surface area contributed by atoms with E-state index in [9.17, 15) is 0 Å². The second-order valence-electron chi connectivity index (χ2n) is 4.49. The van der Waals surface area contributed by atoms with Crippen molar-refractivity contribution in [1.29, 1.82) is 0 Å². The van der Waals surface area contributed by atoms with Crippen LogP contribution in [0.2, 0.25) is 0 Å². The molecule has 0 unspecified atom stereocenters. The van der Waals surface area contributed by atoms with Gasteiger partial charge in [-0.15, -0.1) is 24.0 Å². The van der Waals surface area contributed by atoms with Crippen LogP contribution in [0, 0.1) is 5.92 Å². The van der Waals surface area contributed by atoms with Gasteiger partial charge in [-0.25, -0.2) is 4.99 Å². The third-order valence-electron chi connectivity index (χ3n) is 3.26. The first kappa shape index (κ1) is 14.3. The van der Waals surface area contributed by atoms with E-state index in [1.165, 1.54) is 25.0 Å². The minimum absolute atomic E-state index is 0. The molecule has 5 heteroatoms. The highest BCUT2D eigenvalue weighted by Crippen LogP contribution is 2.24. The summed E-state index contributed by atoms with van der Waals surface area (Å²) in [6.45, 7) is 1.62. The van der Waals surface area contributed by atoms with E-state index in [-0.39, 0.29) is 24.0 Å². The van der Waals surface area contributed by atoms with Crippen LogP contribution < -0.4 is 11.1 Å². The number of nitrogens with zero attached hydrogens (tertiary/aromatic N) is 2. The lowest BCUT2D eigenvalue weighted by Gasteiger charge is -2.25. The number of guanidine groups is 1. The van der Waals surface area contributed by atoms with Crippen LogP contribution in [0.15, 0.2) is 23.3 Å². The summed E-state index contributed by atoms with van der Waals surface area (Å²) in [4.78, 5) is 4.32. The highest BCUT2D eigenvalue weighted by Gasteiger charge is 2.16. The van der Waals surface area contributed by atoms with Gasteiger partial charge in [0, 0.05) is 25.5 Å². The summed E-state index contributed by atoms with van der Waals surface area (Å²) in [7, 11) is 2.02. The molecule has 1 saturated carbocycles. The maximum atomic E-state index is 5.80. The van der Waals surface area contributed by atoms with Gasteiger partial charge in [0.2, 0.25) is 0 Å². The van der Waals surface area contributed by atoms with E-state index in [0.29, 0.717) is 12.5 Å². The third-order valence-corrected chi connectivity index (χ3v) is 3.26. The molecule has 0 atom stereocenters. The number of nitrogens with one attached hydrogen (secondary N) is 1. The average molecular weight is 348 g/mol. The van der Waals surface area contributed by atoms with Gasteiger partial charge >= 0.3 is 0 Å². The van der Waals surface area contributed by atoms with Crippen molar-refractivity contribution in [1.82, 2.24) is 9.88 Å². The molecule has 1 aromatic heterocycles. The van der Waals surface area contributed by atoms with Crippen molar-refractivity contribution in [3.05, 3.63) is 24.0 Å². The fourth-order valence-electron chi connectivity index (χ4n) is 1.83. The summed E-state index contributed by atoms with van der Waals surface area (Å²) < 4.78 is 2.06. The van der Waals surface area contributed by atoms with Crippen LogP contribution in [0.25, 0.3) is 0 Å². The van der Waals surface area contributed by atoms with Gasteiger partial charge in [0.1, 0.15) is 0 Å². The molecule has 0 amide bonds. The summed E-state index contributed by atoms with van der Waals surface area (Å²) in [6.07, 6.45) is 6.05. The van der Waals surface area contributed by atoms with E-state index in [1.807, 2.05) is 19.3 Å². The largest absolute Gasteiger partial charge is 0.370 e. The summed E-state index contributed by atoms with van der Waals surface area (Å²) >= 11 is 0. The molecule has 1 heterocycles. The summed E-state index contributed by atoms with van der Waals surface area (Å²) in [5.74, 6) is 1.37. The number of aromatic nitrogens is 1. The molecular weight excluding hydrogens is 327 g/mol. The molecule has 0 radical (unpaired) electrons. The minimum atomic E-state index is 0. The van der Waals surface area contributed by atoms with Crippen LogP contribution in [-0.2, 0) is 13.6 Å². The SMILES string of the molecule is Cn1cccc1CN=C(N)NCC1CCC1.I. The molecule has 1 aliphatic rings. The number of aliphatic imine (C=N–C) groups is 1. The van der Waals surface area contributed by atoms with Crippen molar-refractivity contribution in [2.75, 3.05) is 6.54 Å². The zero-order chi connectivity index (χ0) is 11.4. The molecule has 4 nitrogen and oxygen atoms in total. The van der Waals surface area contributed by atoms with E-state index >= 15 is 0 Å². The fourth-order valence-corrected chi connectivity index (χ4v) is 1.83. The lowest BCUT2D eigenvalue weighted by atomic mass is 9.85. The molecule has 0 saturated heterocycles. The molecule has 0 spiro atoms. The average Bonchev–Trinajstić information content (AvgIpc) is 2.59. The molecule has 0 bridgehead atoms. The van der Waals surface area contributed by atoms with Gasteiger partial charge in [0.15, 0.2) is 5.96 Å². The Bertz CT molecular complexity index is 368. The second-order valence-corrected chi connectivity index (χ2v) is 4.49. The first-order valence-corrected chi connectivity index (χ1v) is 5.89. The molecule has 3 N–H and O–H groups in total. The Morgan fingerprint density at radius 2 is 2.35 bits per heavy atom. The van der Waals surface area contributed by atoms with E-state index in [2.05, 4.69) is 20.9 Å². The number of halogens is 1. The zero-order valence-electron chi connectivity index (χ0n) is 10.2. The van der Waals surface area contributed by atoms with Crippen molar-refractivity contribution in [2.24, 2.45) is 23.7 Å². The van der Waals surface area contributed by atoms with Crippen LogP contribution in [0.3, 0.4) is 0 Å². The van der Waals surface area contributed by atoms with Crippen molar-refractivity contribution < 1.29 is 0 Å². The van der Waals surface area contributed by atoms with Crippen molar-refractivity contribution >= 4 is 29.9 Å². The topological polar surface area (TPSA) is 55.3 Å². The van der Waals surface area contributed by atoms with Gasteiger partial charge in [0.05, 0.1) is 6.54 Å². The molecule has 0 aromatic carbocycles. The fraction of sp³-hybridized carbons (Fsp3) is 0.583. The van der Waals surface area contributed by atoms with Crippen LogP contribution >= 0.6 is 24.0 Å². The maximum absolute atomic E-state index is 5.80. The molecule has 0 aliphatic heterocycles. The van der Waals surface area contributed by atoms with Gasteiger partial charge in [-0.3, -0.25) is 0 Å². The van der Waals surface area contributed by atoms with Gasteiger partial charge in [-0.05, 0) is 30.9 Å². The first-order chi connectivity index (χ1) is 7.75.